The summed E-state index contributed by atoms with van der Waals surface area (Å²) >= 11 is 0. The predicted octanol–water partition coefficient (Wildman–Crippen LogP) is 2.94. The molecule has 0 aliphatic carbocycles. The molecule has 0 saturated heterocycles. The van der Waals surface area contributed by atoms with Gasteiger partial charge < -0.3 is 25.4 Å². The van der Waals surface area contributed by atoms with Crippen molar-refractivity contribution in [1.29, 1.82) is 0 Å². The summed E-state index contributed by atoms with van der Waals surface area (Å²) in [6.07, 6.45) is 1.61. The standard InChI is InChI=1S/C20H23N3O4/c1-4-11-21-19(24)14-5-7-16(8-6-14)23-20(25)22-13-15-12-17(26-2)9-10-18(15)27-3/h4-10,12H,1,11,13H2,2-3H3,(H,21,24)(H2,22,23,25). The molecule has 0 aliphatic heterocycles. The van der Waals surface area contributed by atoms with E-state index in [2.05, 4.69) is 22.5 Å². The van der Waals surface area contributed by atoms with Gasteiger partial charge in [0.25, 0.3) is 5.91 Å². The summed E-state index contributed by atoms with van der Waals surface area (Å²) in [6.45, 7) is 4.22. The van der Waals surface area contributed by atoms with Crippen molar-refractivity contribution in [3.63, 3.8) is 0 Å². The molecule has 0 aromatic heterocycles. The van der Waals surface area contributed by atoms with E-state index in [0.717, 1.165) is 5.56 Å². The number of amides is 3. The molecule has 0 atom stereocenters. The first-order valence-electron chi connectivity index (χ1n) is 8.32. The number of benzene rings is 2. The van der Waals surface area contributed by atoms with Crippen LogP contribution >= 0.6 is 0 Å². The normalized spacial score (nSPS) is 9.85. The zero-order valence-electron chi connectivity index (χ0n) is 15.4. The molecule has 0 saturated carbocycles. The lowest BCUT2D eigenvalue weighted by molar-refractivity contribution is 0.0958. The van der Waals surface area contributed by atoms with Crippen LogP contribution in [0.2, 0.25) is 0 Å². The van der Waals surface area contributed by atoms with E-state index >= 15 is 0 Å². The largest absolute Gasteiger partial charge is 0.497 e. The summed E-state index contributed by atoms with van der Waals surface area (Å²) in [5.41, 5.74) is 1.87. The topological polar surface area (TPSA) is 88.7 Å². The van der Waals surface area contributed by atoms with Crippen LogP contribution in [0.3, 0.4) is 0 Å². The highest BCUT2D eigenvalue weighted by Gasteiger charge is 2.08. The monoisotopic (exact) mass is 369 g/mol. The Morgan fingerprint density at radius 1 is 1.04 bits per heavy atom. The second kappa shape index (κ2) is 9.86. The molecule has 0 fully saturated rings. The van der Waals surface area contributed by atoms with Crippen LogP contribution in [-0.4, -0.2) is 32.7 Å². The molecule has 0 unspecified atom stereocenters. The minimum absolute atomic E-state index is 0.198. The SMILES string of the molecule is C=CCNC(=O)c1ccc(NC(=O)NCc2cc(OC)ccc2OC)cc1. The highest BCUT2D eigenvalue weighted by Crippen LogP contribution is 2.23. The molecule has 0 heterocycles. The number of hydrogen-bond acceptors (Lipinski definition) is 4. The first-order chi connectivity index (χ1) is 13.1. The zero-order chi connectivity index (χ0) is 19.6. The van der Waals surface area contributed by atoms with E-state index in [1.165, 1.54) is 0 Å². The summed E-state index contributed by atoms with van der Waals surface area (Å²) in [5.74, 6) is 1.14. The highest BCUT2D eigenvalue weighted by molar-refractivity contribution is 5.95. The number of methoxy groups -OCH3 is 2. The van der Waals surface area contributed by atoms with Crippen LogP contribution in [0.15, 0.2) is 55.1 Å². The lowest BCUT2D eigenvalue weighted by Crippen LogP contribution is -2.28. The number of carbonyl (C=O) groups is 2. The molecule has 3 amide bonds. The average Bonchev–Trinajstić information content (AvgIpc) is 2.70. The maximum Gasteiger partial charge on any atom is 0.319 e. The molecule has 2 rings (SSSR count). The van der Waals surface area contributed by atoms with E-state index in [4.69, 9.17) is 9.47 Å². The van der Waals surface area contributed by atoms with Crippen LogP contribution in [0.4, 0.5) is 10.5 Å². The molecule has 0 spiro atoms. The third-order valence-corrected chi connectivity index (χ3v) is 3.74. The maximum absolute atomic E-state index is 12.1. The lowest BCUT2D eigenvalue weighted by atomic mass is 10.2. The molecule has 7 nitrogen and oxygen atoms in total. The third-order valence-electron chi connectivity index (χ3n) is 3.74. The lowest BCUT2D eigenvalue weighted by Gasteiger charge is -2.12. The first kappa shape index (κ1) is 19.8. The average molecular weight is 369 g/mol. The summed E-state index contributed by atoms with van der Waals surface area (Å²) in [6, 6.07) is 11.6. The van der Waals surface area contributed by atoms with Crippen molar-refractivity contribution in [2.24, 2.45) is 0 Å². The van der Waals surface area contributed by atoms with Gasteiger partial charge in [-0.1, -0.05) is 6.08 Å². The maximum atomic E-state index is 12.1. The number of urea groups is 1. The third kappa shape index (κ3) is 5.78. The number of carbonyl (C=O) groups excluding carboxylic acids is 2. The van der Waals surface area contributed by atoms with Gasteiger partial charge in [0.1, 0.15) is 11.5 Å². The fraction of sp³-hybridized carbons (Fsp3) is 0.200. The molecule has 7 heteroatoms. The summed E-state index contributed by atoms with van der Waals surface area (Å²) in [7, 11) is 3.14. The summed E-state index contributed by atoms with van der Waals surface area (Å²) < 4.78 is 10.5. The Bertz CT molecular complexity index is 803. The Kier molecular flexibility index (Phi) is 7.25. The van der Waals surface area contributed by atoms with Crippen molar-refractivity contribution in [2.75, 3.05) is 26.1 Å². The minimum atomic E-state index is -0.372. The Labute approximate surface area is 158 Å². The molecule has 0 bridgehead atoms. The van der Waals surface area contributed by atoms with Crippen molar-refractivity contribution in [3.8, 4) is 11.5 Å². The van der Waals surface area contributed by atoms with Gasteiger partial charge in [-0.05, 0) is 42.5 Å². The smallest absolute Gasteiger partial charge is 0.319 e. The molecule has 27 heavy (non-hydrogen) atoms. The van der Waals surface area contributed by atoms with Gasteiger partial charge in [-0.15, -0.1) is 6.58 Å². The predicted molar refractivity (Wildman–Crippen MR) is 104 cm³/mol. The zero-order valence-corrected chi connectivity index (χ0v) is 15.4. The van der Waals surface area contributed by atoms with Gasteiger partial charge in [0.15, 0.2) is 0 Å². The van der Waals surface area contributed by atoms with Gasteiger partial charge in [-0.3, -0.25) is 4.79 Å². The molecule has 142 valence electrons. The van der Waals surface area contributed by atoms with Crippen molar-refractivity contribution in [3.05, 3.63) is 66.2 Å². The molecule has 2 aromatic carbocycles. The van der Waals surface area contributed by atoms with Crippen molar-refractivity contribution >= 4 is 17.6 Å². The van der Waals surface area contributed by atoms with Crippen LogP contribution in [0.5, 0.6) is 11.5 Å². The van der Waals surface area contributed by atoms with Crippen LogP contribution in [0.25, 0.3) is 0 Å². The first-order valence-corrected chi connectivity index (χ1v) is 8.32. The van der Waals surface area contributed by atoms with Gasteiger partial charge in [0.05, 0.1) is 14.2 Å². The van der Waals surface area contributed by atoms with E-state index in [0.29, 0.717) is 29.3 Å². The van der Waals surface area contributed by atoms with Crippen LogP contribution in [-0.2, 0) is 6.54 Å². The van der Waals surface area contributed by atoms with Crippen molar-refractivity contribution < 1.29 is 19.1 Å². The molecular weight excluding hydrogens is 346 g/mol. The van der Waals surface area contributed by atoms with E-state index in [-0.39, 0.29) is 18.5 Å². The van der Waals surface area contributed by atoms with E-state index in [1.54, 1.807) is 62.8 Å². The van der Waals surface area contributed by atoms with Gasteiger partial charge >= 0.3 is 6.03 Å². The summed E-state index contributed by atoms with van der Waals surface area (Å²) in [5, 5.41) is 8.17. The molecule has 0 aliphatic rings. The number of anilines is 1. The van der Waals surface area contributed by atoms with Crippen LogP contribution < -0.4 is 25.4 Å². The molecule has 0 radical (unpaired) electrons. The Balaban J connectivity index is 1.92. The Morgan fingerprint density at radius 2 is 1.78 bits per heavy atom. The quantitative estimate of drug-likeness (QED) is 0.624. The van der Waals surface area contributed by atoms with Crippen LogP contribution in [0.1, 0.15) is 15.9 Å². The number of nitrogens with one attached hydrogen (secondary N) is 3. The van der Waals surface area contributed by atoms with Gasteiger partial charge in [-0.25, -0.2) is 4.79 Å². The van der Waals surface area contributed by atoms with Crippen molar-refractivity contribution in [2.45, 2.75) is 6.54 Å². The minimum Gasteiger partial charge on any atom is -0.497 e. The van der Waals surface area contributed by atoms with Gasteiger partial charge in [-0.2, -0.15) is 0 Å². The van der Waals surface area contributed by atoms with Gasteiger partial charge in [0, 0.05) is 29.9 Å². The number of hydrogen-bond donors (Lipinski definition) is 3. The molecule has 2 aromatic rings. The Morgan fingerprint density at radius 3 is 2.41 bits per heavy atom. The number of ether oxygens (including phenoxy) is 2. The number of rotatable bonds is 8. The second-order valence-corrected chi connectivity index (χ2v) is 5.56. The van der Waals surface area contributed by atoms with E-state index in [1.807, 2.05) is 0 Å². The van der Waals surface area contributed by atoms with Gasteiger partial charge in [0.2, 0.25) is 0 Å². The molecule has 3 N–H and O–H groups in total. The fourth-order valence-electron chi connectivity index (χ4n) is 2.34. The highest BCUT2D eigenvalue weighted by atomic mass is 16.5. The second-order valence-electron chi connectivity index (χ2n) is 5.56. The Hall–Kier alpha value is -3.48. The van der Waals surface area contributed by atoms with Crippen LogP contribution in [0, 0.1) is 0 Å². The molecular formula is C20H23N3O4. The fourth-order valence-corrected chi connectivity index (χ4v) is 2.34. The van der Waals surface area contributed by atoms with Crippen molar-refractivity contribution in [1.82, 2.24) is 10.6 Å². The summed E-state index contributed by atoms with van der Waals surface area (Å²) in [4.78, 5) is 23.9. The van der Waals surface area contributed by atoms with E-state index in [9.17, 15) is 9.59 Å². The van der Waals surface area contributed by atoms with E-state index < -0.39 is 0 Å².